The number of hydrogen-bond donors (Lipinski definition) is 1. The third-order valence-corrected chi connectivity index (χ3v) is 4.64. The second-order valence-corrected chi connectivity index (χ2v) is 6.33. The maximum atomic E-state index is 13.9. The van der Waals surface area contributed by atoms with E-state index in [9.17, 15) is 9.18 Å². The molecule has 3 rings (SSSR count). The number of carbonyl (C=O) groups is 1. The third-order valence-electron chi connectivity index (χ3n) is 4.64. The maximum absolute atomic E-state index is 13.9. The molecule has 2 unspecified atom stereocenters. The highest BCUT2D eigenvalue weighted by Crippen LogP contribution is 2.26. The molecule has 1 aromatic heterocycles. The molecule has 1 fully saturated rings. The lowest BCUT2D eigenvalue weighted by molar-refractivity contribution is -0.135. The summed E-state index contributed by atoms with van der Waals surface area (Å²) in [6, 6.07) is 6.58. The first kappa shape index (κ1) is 16.6. The van der Waals surface area contributed by atoms with E-state index in [1.807, 2.05) is 29.6 Å². The smallest absolute Gasteiger partial charge is 0.223 e. The number of hydrogen-bond acceptors (Lipinski definition) is 3. The Balaban J connectivity index is 1.75. The van der Waals surface area contributed by atoms with Gasteiger partial charge in [0.25, 0.3) is 0 Å². The number of aryl methyl sites for hydroxylation is 1. The zero-order valence-electron chi connectivity index (χ0n) is 14.1. The molecule has 1 aromatic carbocycles. The summed E-state index contributed by atoms with van der Waals surface area (Å²) < 4.78 is 15.9. The molecule has 2 heterocycles. The molecule has 1 amide bonds. The van der Waals surface area contributed by atoms with Crippen LogP contribution in [0.2, 0.25) is 0 Å². The first-order chi connectivity index (χ1) is 11.6. The fourth-order valence-corrected chi connectivity index (χ4v) is 3.30. The first-order valence-corrected chi connectivity index (χ1v) is 8.29. The van der Waals surface area contributed by atoms with E-state index in [2.05, 4.69) is 10.3 Å². The average Bonchev–Trinajstić information content (AvgIpc) is 3.01. The molecule has 1 aliphatic heterocycles. The molecule has 1 N–H and O–H groups in total. The predicted octanol–water partition coefficient (Wildman–Crippen LogP) is 2.23. The van der Waals surface area contributed by atoms with Gasteiger partial charge in [0.15, 0.2) is 0 Å². The number of benzene rings is 1. The van der Waals surface area contributed by atoms with Crippen LogP contribution in [0.4, 0.5) is 4.39 Å². The Hall–Kier alpha value is -2.21. The van der Waals surface area contributed by atoms with Crippen LogP contribution in [0.1, 0.15) is 36.7 Å². The SMILES string of the molecule is CC(CC(=O)N1CCNCC1c1nccn1C)c1ccccc1F. The Morgan fingerprint density at radius 1 is 1.46 bits per heavy atom. The summed E-state index contributed by atoms with van der Waals surface area (Å²) in [6.45, 7) is 3.99. The van der Waals surface area contributed by atoms with E-state index in [1.54, 1.807) is 24.4 Å². The van der Waals surface area contributed by atoms with Crippen LogP contribution in [-0.2, 0) is 11.8 Å². The summed E-state index contributed by atoms with van der Waals surface area (Å²) in [7, 11) is 1.93. The number of nitrogens with zero attached hydrogens (tertiary/aromatic N) is 3. The topological polar surface area (TPSA) is 50.2 Å². The van der Waals surface area contributed by atoms with E-state index in [-0.39, 0.29) is 23.7 Å². The van der Waals surface area contributed by atoms with Crippen LogP contribution in [0.3, 0.4) is 0 Å². The molecule has 0 aliphatic carbocycles. The number of nitrogens with one attached hydrogen (secondary N) is 1. The summed E-state index contributed by atoms with van der Waals surface area (Å²) in [5.74, 6) is 0.503. The van der Waals surface area contributed by atoms with Gasteiger partial charge in [0.1, 0.15) is 17.7 Å². The van der Waals surface area contributed by atoms with E-state index in [0.29, 0.717) is 25.1 Å². The fraction of sp³-hybridized carbons (Fsp3) is 0.444. The van der Waals surface area contributed by atoms with Crippen molar-refractivity contribution in [1.82, 2.24) is 19.8 Å². The highest BCUT2D eigenvalue weighted by atomic mass is 19.1. The van der Waals surface area contributed by atoms with E-state index in [4.69, 9.17) is 0 Å². The summed E-state index contributed by atoms with van der Waals surface area (Å²) in [6.07, 6.45) is 3.92. The van der Waals surface area contributed by atoms with Gasteiger partial charge in [-0.2, -0.15) is 0 Å². The third kappa shape index (κ3) is 3.33. The number of carbonyl (C=O) groups excluding carboxylic acids is 1. The average molecular weight is 330 g/mol. The van der Waals surface area contributed by atoms with Gasteiger partial charge in [-0.05, 0) is 17.5 Å². The van der Waals surface area contributed by atoms with Crippen molar-refractivity contribution in [3.63, 3.8) is 0 Å². The molecule has 24 heavy (non-hydrogen) atoms. The van der Waals surface area contributed by atoms with Crippen LogP contribution in [0.15, 0.2) is 36.7 Å². The van der Waals surface area contributed by atoms with Crippen molar-refractivity contribution in [2.75, 3.05) is 19.6 Å². The zero-order chi connectivity index (χ0) is 17.1. The molecule has 1 aliphatic rings. The van der Waals surface area contributed by atoms with Crippen LogP contribution >= 0.6 is 0 Å². The van der Waals surface area contributed by atoms with Crippen LogP contribution in [-0.4, -0.2) is 40.0 Å². The molecule has 0 bridgehead atoms. The van der Waals surface area contributed by atoms with E-state index in [1.165, 1.54) is 6.07 Å². The van der Waals surface area contributed by atoms with Crippen molar-refractivity contribution in [3.05, 3.63) is 53.9 Å². The summed E-state index contributed by atoms with van der Waals surface area (Å²) >= 11 is 0. The minimum atomic E-state index is -0.251. The van der Waals surface area contributed by atoms with Gasteiger partial charge in [-0.1, -0.05) is 25.1 Å². The lowest BCUT2D eigenvalue weighted by Crippen LogP contribution is -2.49. The largest absolute Gasteiger partial charge is 0.336 e. The fourth-order valence-electron chi connectivity index (χ4n) is 3.30. The second-order valence-electron chi connectivity index (χ2n) is 6.33. The zero-order valence-corrected chi connectivity index (χ0v) is 14.1. The van der Waals surface area contributed by atoms with Crippen LogP contribution in [0.5, 0.6) is 0 Å². The van der Waals surface area contributed by atoms with Crippen molar-refractivity contribution >= 4 is 5.91 Å². The number of aromatic nitrogens is 2. The van der Waals surface area contributed by atoms with Crippen molar-refractivity contribution < 1.29 is 9.18 Å². The van der Waals surface area contributed by atoms with Gasteiger partial charge in [-0.25, -0.2) is 9.37 Å². The molecular formula is C18H23FN4O. The normalized spacial score (nSPS) is 19.3. The second kappa shape index (κ2) is 7.13. The Morgan fingerprint density at radius 2 is 2.25 bits per heavy atom. The Morgan fingerprint density at radius 3 is 2.96 bits per heavy atom. The molecule has 1 saturated heterocycles. The molecule has 0 saturated carbocycles. The Labute approximate surface area is 141 Å². The molecule has 0 spiro atoms. The molecule has 6 heteroatoms. The minimum absolute atomic E-state index is 0.0419. The number of imidazole rings is 1. The molecule has 2 atom stereocenters. The number of amides is 1. The highest BCUT2D eigenvalue weighted by Gasteiger charge is 2.31. The Kier molecular flexibility index (Phi) is 4.94. The predicted molar refractivity (Wildman–Crippen MR) is 90.0 cm³/mol. The van der Waals surface area contributed by atoms with Gasteiger partial charge >= 0.3 is 0 Å². The standard InChI is InChI=1S/C18H23FN4O/c1-13(14-5-3-4-6-15(14)19)11-17(24)23-10-7-20-12-16(23)18-21-8-9-22(18)2/h3-6,8-9,13,16,20H,7,10-12H2,1-2H3. The molecule has 5 nitrogen and oxygen atoms in total. The lowest BCUT2D eigenvalue weighted by atomic mass is 9.96. The van der Waals surface area contributed by atoms with Crippen molar-refractivity contribution in [1.29, 1.82) is 0 Å². The number of halogens is 1. The van der Waals surface area contributed by atoms with E-state index < -0.39 is 0 Å². The lowest BCUT2D eigenvalue weighted by Gasteiger charge is -2.36. The van der Waals surface area contributed by atoms with Gasteiger partial charge in [0, 0.05) is 45.5 Å². The first-order valence-electron chi connectivity index (χ1n) is 8.29. The van der Waals surface area contributed by atoms with Gasteiger partial charge < -0.3 is 14.8 Å². The van der Waals surface area contributed by atoms with E-state index >= 15 is 0 Å². The van der Waals surface area contributed by atoms with Crippen molar-refractivity contribution in [2.24, 2.45) is 7.05 Å². The van der Waals surface area contributed by atoms with E-state index in [0.717, 1.165) is 12.4 Å². The quantitative estimate of drug-likeness (QED) is 0.935. The summed E-state index contributed by atoms with van der Waals surface area (Å²) in [4.78, 5) is 19.1. The van der Waals surface area contributed by atoms with Gasteiger partial charge in [0.2, 0.25) is 5.91 Å². The molecular weight excluding hydrogens is 307 g/mol. The number of rotatable bonds is 4. The van der Waals surface area contributed by atoms with Crippen LogP contribution in [0.25, 0.3) is 0 Å². The Bertz CT molecular complexity index is 715. The van der Waals surface area contributed by atoms with Crippen molar-refractivity contribution in [2.45, 2.75) is 25.3 Å². The monoisotopic (exact) mass is 330 g/mol. The molecule has 2 aromatic rings. The van der Waals surface area contributed by atoms with Crippen molar-refractivity contribution in [3.8, 4) is 0 Å². The van der Waals surface area contributed by atoms with Crippen LogP contribution in [0, 0.1) is 5.82 Å². The van der Waals surface area contributed by atoms with Crippen LogP contribution < -0.4 is 5.32 Å². The van der Waals surface area contributed by atoms with Gasteiger partial charge in [-0.15, -0.1) is 0 Å². The van der Waals surface area contributed by atoms with Gasteiger partial charge in [-0.3, -0.25) is 4.79 Å². The summed E-state index contributed by atoms with van der Waals surface area (Å²) in [5, 5.41) is 3.32. The molecule has 0 radical (unpaired) electrons. The summed E-state index contributed by atoms with van der Waals surface area (Å²) in [5.41, 5.74) is 0.592. The molecule has 128 valence electrons. The maximum Gasteiger partial charge on any atom is 0.223 e. The highest BCUT2D eigenvalue weighted by molar-refractivity contribution is 5.77. The number of piperazine rings is 1. The minimum Gasteiger partial charge on any atom is -0.336 e. The van der Waals surface area contributed by atoms with Gasteiger partial charge in [0.05, 0.1) is 0 Å².